The van der Waals surface area contributed by atoms with E-state index in [2.05, 4.69) is 73.3 Å². The Bertz CT molecular complexity index is 462. The summed E-state index contributed by atoms with van der Waals surface area (Å²) >= 11 is 0. The van der Waals surface area contributed by atoms with E-state index in [9.17, 15) is 0 Å². The lowest BCUT2D eigenvalue weighted by Crippen LogP contribution is -2.99. The van der Waals surface area contributed by atoms with Crippen LogP contribution in [0.5, 0.6) is 0 Å². The van der Waals surface area contributed by atoms with Crippen molar-refractivity contribution >= 4 is 6.08 Å². The fourth-order valence-electron chi connectivity index (χ4n) is 1.64. The maximum atomic E-state index is 3.75. The molecular formula is C15H18N2+2. The molecule has 0 aromatic carbocycles. The molecule has 1 N–H and O–H groups in total. The van der Waals surface area contributed by atoms with Crippen LogP contribution in [0.15, 0.2) is 67.3 Å². The van der Waals surface area contributed by atoms with Gasteiger partial charge in [-0.25, -0.2) is 4.57 Å². The minimum absolute atomic E-state index is 0.889. The second kappa shape index (κ2) is 5.41. The van der Waals surface area contributed by atoms with Crippen LogP contribution in [0, 0.1) is 0 Å². The summed E-state index contributed by atoms with van der Waals surface area (Å²) < 4.78 is 2.15. The second-order valence-electron chi connectivity index (χ2n) is 4.15. The number of quaternary nitrogens is 1. The van der Waals surface area contributed by atoms with Crippen LogP contribution in [0.2, 0.25) is 0 Å². The summed E-state index contributed by atoms with van der Waals surface area (Å²) in [4.78, 5) is 1.30. The molecule has 17 heavy (non-hydrogen) atoms. The summed E-state index contributed by atoms with van der Waals surface area (Å²) in [5, 5.41) is 0. The molecule has 0 aliphatic carbocycles. The Morgan fingerprint density at radius 3 is 2.47 bits per heavy atom. The fourth-order valence-corrected chi connectivity index (χ4v) is 1.64. The quantitative estimate of drug-likeness (QED) is 0.739. The minimum Gasteiger partial charge on any atom is -0.285 e. The number of allylic oxidation sites excluding steroid dienone is 4. The summed E-state index contributed by atoms with van der Waals surface area (Å²) in [6, 6.07) is 4.13. The highest BCUT2D eigenvalue weighted by Crippen LogP contribution is 2.00. The predicted octanol–water partition coefficient (Wildman–Crippen LogP) is 1.10. The number of pyridine rings is 1. The largest absolute Gasteiger partial charge is 0.285 e. The molecule has 0 fully saturated rings. The Hall–Kier alpha value is -1.93. The van der Waals surface area contributed by atoms with Gasteiger partial charge in [0.2, 0.25) is 0 Å². The average Bonchev–Trinajstić information content (AvgIpc) is 2.39. The monoisotopic (exact) mass is 226 g/mol. The predicted molar refractivity (Wildman–Crippen MR) is 70.0 cm³/mol. The molecule has 0 radical (unpaired) electrons. The van der Waals surface area contributed by atoms with E-state index in [1.807, 2.05) is 6.08 Å². The van der Waals surface area contributed by atoms with Gasteiger partial charge in [0.15, 0.2) is 18.9 Å². The van der Waals surface area contributed by atoms with Gasteiger partial charge in [0.1, 0.15) is 0 Å². The molecule has 2 heterocycles. The summed E-state index contributed by atoms with van der Waals surface area (Å²) in [5.74, 6) is 0. The lowest BCUT2D eigenvalue weighted by Gasteiger charge is -2.05. The van der Waals surface area contributed by atoms with Gasteiger partial charge < -0.3 is 0 Å². The molecule has 0 saturated carbocycles. The van der Waals surface area contributed by atoms with Gasteiger partial charge in [-0.2, -0.15) is 0 Å². The van der Waals surface area contributed by atoms with E-state index in [4.69, 9.17) is 0 Å². The van der Waals surface area contributed by atoms with Crippen LogP contribution in [0.1, 0.15) is 5.56 Å². The second-order valence-corrected chi connectivity index (χ2v) is 4.15. The smallest absolute Gasteiger partial charge is 0.169 e. The molecule has 2 heteroatoms. The molecule has 0 amide bonds. The summed E-state index contributed by atoms with van der Waals surface area (Å²) in [7, 11) is 2.10. The first-order valence-corrected chi connectivity index (χ1v) is 5.79. The number of nitrogens with one attached hydrogen (secondary N) is 1. The summed E-state index contributed by atoms with van der Waals surface area (Å²) in [6.45, 7) is 4.63. The number of rotatable bonds is 3. The van der Waals surface area contributed by atoms with E-state index >= 15 is 0 Å². The highest BCUT2D eigenvalue weighted by atomic mass is 15.0. The van der Waals surface area contributed by atoms with Crippen molar-refractivity contribution in [2.45, 2.75) is 6.54 Å². The lowest BCUT2D eigenvalue weighted by molar-refractivity contribution is -0.766. The average molecular weight is 226 g/mol. The van der Waals surface area contributed by atoms with Crippen LogP contribution < -0.4 is 9.47 Å². The van der Waals surface area contributed by atoms with E-state index in [0.29, 0.717) is 0 Å². The normalized spacial score (nSPS) is 18.2. The molecule has 0 spiro atoms. The van der Waals surface area contributed by atoms with Crippen LogP contribution in [0.25, 0.3) is 6.08 Å². The number of hydrogen-bond acceptors (Lipinski definition) is 0. The van der Waals surface area contributed by atoms with Gasteiger partial charge in [0.25, 0.3) is 0 Å². The number of nitrogens with zero attached hydrogens (tertiary/aromatic N) is 1. The van der Waals surface area contributed by atoms with Crippen molar-refractivity contribution in [3.8, 4) is 0 Å². The van der Waals surface area contributed by atoms with E-state index in [1.165, 1.54) is 10.5 Å². The minimum atomic E-state index is 0.889. The van der Waals surface area contributed by atoms with Gasteiger partial charge in [0.05, 0.1) is 19.4 Å². The highest BCUT2D eigenvalue weighted by Gasteiger charge is 2.01. The SMILES string of the molecule is C=Cc1cc[n+](CC=C2C=C[NH+](C)C=C2)cc1. The van der Waals surface area contributed by atoms with Crippen molar-refractivity contribution in [1.29, 1.82) is 0 Å². The third-order valence-corrected chi connectivity index (χ3v) is 2.77. The van der Waals surface area contributed by atoms with Crippen molar-refractivity contribution in [2.24, 2.45) is 0 Å². The Kier molecular flexibility index (Phi) is 3.68. The molecule has 1 aliphatic heterocycles. The zero-order chi connectivity index (χ0) is 12.1. The number of hydrogen-bond donors (Lipinski definition) is 1. The molecule has 1 aromatic rings. The topological polar surface area (TPSA) is 8.32 Å². The van der Waals surface area contributed by atoms with E-state index in [1.54, 1.807) is 0 Å². The van der Waals surface area contributed by atoms with Crippen molar-refractivity contribution < 1.29 is 9.47 Å². The van der Waals surface area contributed by atoms with Crippen LogP contribution in [-0.2, 0) is 6.54 Å². The van der Waals surface area contributed by atoms with E-state index in [0.717, 1.165) is 12.1 Å². The van der Waals surface area contributed by atoms with Crippen LogP contribution in [0.4, 0.5) is 0 Å². The fraction of sp³-hybridized carbons (Fsp3) is 0.133. The molecule has 0 bridgehead atoms. The van der Waals surface area contributed by atoms with Gasteiger partial charge >= 0.3 is 0 Å². The molecular weight excluding hydrogens is 208 g/mol. The standard InChI is InChI=1S/C15H17N2/c1-3-14-6-11-17(12-7-14)13-8-15-4-9-16(2)10-5-15/h3-12H,1,13H2,2H3/q+1/p+1. The van der Waals surface area contributed by atoms with Gasteiger partial charge in [-0.1, -0.05) is 12.7 Å². The van der Waals surface area contributed by atoms with Crippen molar-refractivity contribution in [2.75, 3.05) is 7.05 Å². The van der Waals surface area contributed by atoms with Gasteiger partial charge in [-0.15, -0.1) is 0 Å². The zero-order valence-corrected chi connectivity index (χ0v) is 10.1. The Balaban J connectivity index is 2.02. The lowest BCUT2D eigenvalue weighted by atomic mass is 10.2. The first-order chi connectivity index (χ1) is 8.28. The zero-order valence-electron chi connectivity index (χ0n) is 10.1. The van der Waals surface area contributed by atoms with E-state index < -0.39 is 0 Å². The molecule has 0 unspecified atom stereocenters. The van der Waals surface area contributed by atoms with Gasteiger partial charge in [0, 0.05) is 12.1 Å². The molecule has 2 nitrogen and oxygen atoms in total. The van der Waals surface area contributed by atoms with Gasteiger partial charge in [-0.05, 0) is 29.4 Å². The van der Waals surface area contributed by atoms with Crippen LogP contribution >= 0.6 is 0 Å². The van der Waals surface area contributed by atoms with Crippen LogP contribution in [0.3, 0.4) is 0 Å². The van der Waals surface area contributed by atoms with Crippen molar-refractivity contribution in [1.82, 2.24) is 0 Å². The molecule has 0 saturated heterocycles. The summed E-state index contributed by atoms with van der Waals surface area (Å²) in [6.07, 6.45) is 16.8. The van der Waals surface area contributed by atoms with Crippen molar-refractivity contribution in [3.05, 3.63) is 72.9 Å². The third kappa shape index (κ3) is 3.26. The molecule has 1 aromatic heterocycles. The Labute approximate surface area is 103 Å². The first-order valence-electron chi connectivity index (χ1n) is 5.79. The van der Waals surface area contributed by atoms with Crippen LogP contribution in [-0.4, -0.2) is 7.05 Å². The molecule has 2 rings (SSSR count). The Morgan fingerprint density at radius 1 is 1.24 bits per heavy atom. The maximum absolute atomic E-state index is 3.75. The summed E-state index contributed by atoms with van der Waals surface area (Å²) in [5.41, 5.74) is 2.41. The van der Waals surface area contributed by atoms with Crippen molar-refractivity contribution in [3.63, 3.8) is 0 Å². The van der Waals surface area contributed by atoms with Gasteiger partial charge in [-0.3, -0.25) is 4.90 Å². The molecule has 86 valence electrons. The molecule has 0 atom stereocenters. The van der Waals surface area contributed by atoms with E-state index in [-0.39, 0.29) is 0 Å². The number of aromatic nitrogens is 1. The maximum Gasteiger partial charge on any atom is 0.169 e. The Morgan fingerprint density at radius 2 is 1.88 bits per heavy atom. The molecule has 1 aliphatic rings. The third-order valence-electron chi connectivity index (χ3n) is 2.77. The first kappa shape index (κ1) is 11.6. The highest BCUT2D eigenvalue weighted by molar-refractivity contribution is 5.44.